The molecule has 1 aromatic carbocycles. The van der Waals surface area contributed by atoms with Crippen molar-refractivity contribution in [3.05, 3.63) is 64.7 Å². The van der Waals surface area contributed by atoms with Crippen molar-refractivity contribution in [3.63, 3.8) is 0 Å². The van der Waals surface area contributed by atoms with Crippen LogP contribution in [0.1, 0.15) is 30.4 Å². The number of likely N-dealkylation sites (tertiary alicyclic amines) is 1. The Kier molecular flexibility index (Phi) is 5.97. The van der Waals surface area contributed by atoms with Crippen LogP contribution in [0.5, 0.6) is 0 Å². The first-order chi connectivity index (χ1) is 13.5. The summed E-state index contributed by atoms with van der Waals surface area (Å²) in [6, 6.07) is 9.64. The molecule has 0 radical (unpaired) electrons. The first-order valence-electron chi connectivity index (χ1n) is 9.92. The lowest BCUT2D eigenvalue weighted by atomic mass is 9.87. The molecular weight excluding hydrogens is 377 g/mol. The van der Waals surface area contributed by atoms with Crippen molar-refractivity contribution in [1.29, 1.82) is 0 Å². The molecule has 2 fully saturated rings. The lowest BCUT2D eigenvalue weighted by molar-refractivity contribution is -0.0452. The summed E-state index contributed by atoms with van der Waals surface area (Å²) in [6.07, 6.45) is 6.87. The van der Waals surface area contributed by atoms with Gasteiger partial charge >= 0.3 is 0 Å². The summed E-state index contributed by atoms with van der Waals surface area (Å²) in [6.45, 7) is 4.40. The molecule has 150 valence electrons. The molecule has 0 N–H and O–H groups in total. The lowest BCUT2D eigenvalue weighted by Crippen LogP contribution is -2.44. The SMILES string of the molecule is CN(Cc1cccnc1)C1COC2(CCN(Cc3ccc(Cl)c(F)c3)CC2)C1. The number of piperidine rings is 1. The van der Waals surface area contributed by atoms with Gasteiger partial charge < -0.3 is 4.74 Å². The fourth-order valence-electron chi connectivity index (χ4n) is 4.38. The van der Waals surface area contributed by atoms with Crippen molar-refractivity contribution in [1.82, 2.24) is 14.8 Å². The molecule has 3 heterocycles. The number of aromatic nitrogens is 1. The second-order valence-corrected chi connectivity index (χ2v) is 8.56. The Labute approximate surface area is 171 Å². The van der Waals surface area contributed by atoms with Crippen LogP contribution in [-0.4, -0.2) is 53.2 Å². The van der Waals surface area contributed by atoms with Crippen molar-refractivity contribution in [2.24, 2.45) is 0 Å². The van der Waals surface area contributed by atoms with Crippen molar-refractivity contribution in [2.45, 2.75) is 44.0 Å². The Hall–Kier alpha value is -1.53. The van der Waals surface area contributed by atoms with Gasteiger partial charge in [-0.25, -0.2) is 4.39 Å². The van der Waals surface area contributed by atoms with E-state index in [9.17, 15) is 4.39 Å². The van der Waals surface area contributed by atoms with Crippen LogP contribution < -0.4 is 0 Å². The Morgan fingerprint density at radius 2 is 2.11 bits per heavy atom. The molecule has 4 rings (SSSR count). The predicted octanol–water partition coefficient (Wildman–Crippen LogP) is 4.13. The molecule has 0 aliphatic carbocycles. The number of benzene rings is 1. The summed E-state index contributed by atoms with van der Waals surface area (Å²) < 4.78 is 20.0. The number of pyridine rings is 1. The van der Waals surface area contributed by atoms with Crippen LogP contribution in [0.2, 0.25) is 5.02 Å². The minimum atomic E-state index is -0.341. The van der Waals surface area contributed by atoms with Gasteiger partial charge in [-0.1, -0.05) is 23.7 Å². The Balaban J connectivity index is 1.29. The fraction of sp³-hybridized carbons (Fsp3) is 0.500. The van der Waals surface area contributed by atoms with Crippen LogP contribution in [0.15, 0.2) is 42.7 Å². The van der Waals surface area contributed by atoms with Crippen molar-refractivity contribution >= 4 is 11.6 Å². The third kappa shape index (κ3) is 4.54. The third-order valence-electron chi connectivity index (χ3n) is 6.13. The molecule has 28 heavy (non-hydrogen) atoms. The van der Waals surface area contributed by atoms with Gasteiger partial charge in [-0.2, -0.15) is 0 Å². The van der Waals surface area contributed by atoms with Gasteiger partial charge in [0.2, 0.25) is 0 Å². The maximum absolute atomic E-state index is 13.7. The minimum absolute atomic E-state index is 0.00435. The summed E-state index contributed by atoms with van der Waals surface area (Å²) in [5.74, 6) is -0.341. The van der Waals surface area contributed by atoms with E-state index >= 15 is 0 Å². The zero-order chi connectivity index (χ0) is 19.6. The van der Waals surface area contributed by atoms with E-state index in [4.69, 9.17) is 16.3 Å². The summed E-state index contributed by atoms with van der Waals surface area (Å²) in [7, 11) is 2.17. The van der Waals surface area contributed by atoms with Crippen LogP contribution in [0.25, 0.3) is 0 Å². The monoisotopic (exact) mass is 403 g/mol. The second-order valence-electron chi connectivity index (χ2n) is 8.15. The minimum Gasteiger partial charge on any atom is -0.373 e. The van der Waals surface area contributed by atoms with Crippen LogP contribution in [0, 0.1) is 5.82 Å². The highest BCUT2D eigenvalue weighted by molar-refractivity contribution is 6.30. The van der Waals surface area contributed by atoms with Gasteiger partial charge in [-0.05, 0) is 55.6 Å². The summed E-state index contributed by atoms with van der Waals surface area (Å²) >= 11 is 5.78. The number of halogens is 2. The molecule has 2 aliphatic rings. The first kappa shape index (κ1) is 19.8. The van der Waals surface area contributed by atoms with Crippen molar-refractivity contribution < 1.29 is 9.13 Å². The van der Waals surface area contributed by atoms with E-state index in [0.29, 0.717) is 6.04 Å². The topological polar surface area (TPSA) is 28.6 Å². The van der Waals surface area contributed by atoms with Gasteiger partial charge in [0, 0.05) is 44.6 Å². The first-order valence-corrected chi connectivity index (χ1v) is 10.3. The van der Waals surface area contributed by atoms with E-state index in [1.165, 1.54) is 5.56 Å². The molecule has 4 nitrogen and oxygen atoms in total. The average Bonchev–Trinajstić information content (AvgIpc) is 3.12. The highest BCUT2D eigenvalue weighted by Gasteiger charge is 2.43. The van der Waals surface area contributed by atoms with E-state index in [1.807, 2.05) is 24.5 Å². The van der Waals surface area contributed by atoms with E-state index in [2.05, 4.69) is 27.9 Å². The molecule has 2 aliphatic heterocycles. The van der Waals surface area contributed by atoms with Crippen LogP contribution in [-0.2, 0) is 17.8 Å². The van der Waals surface area contributed by atoms with E-state index in [1.54, 1.807) is 12.1 Å². The molecule has 2 saturated heterocycles. The molecule has 0 saturated carbocycles. The molecule has 0 bridgehead atoms. The van der Waals surface area contributed by atoms with Gasteiger partial charge in [0.05, 0.1) is 17.2 Å². The zero-order valence-corrected chi connectivity index (χ0v) is 17.0. The Morgan fingerprint density at radius 1 is 1.29 bits per heavy atom. The van der Waals surface area contributed by atoms with Gasteiger partial charge in [0.1, 0.15) is 5.82 Å². The molecule has 1 unspecified atom stereocenters. The summed E-state index contributed by atoms with van der Waals surface area (Å²) in [5, 5.41) is 0.183. The molecule has 0 amide bonds. The smallest absolute Gasteiger partial charge is 0.142 e. The van der Waals surface area contributed by atoms with Gasteiger partial charge in [-0.15, -0.1) is 0 Å². The van der Waals surface area contributed by atoms with E-state index < -0.39 is 0 Å². The maximum atomic E-state index is 13.7. The molecule has 1 aromatic heterocycles. The maximum Gasteiger partial charge on any atom is 0.142 e. The number of hydrogen-bond donors (Lipinski definition) is 0. The highest BCUT2D eigenvalue weighted by Crippen LogP contribution is 2.38. The zero-order valence-electron chi connectivity index (χ0n) is 16.3. The van der Waals surface area contributed by atoms with Gasteiger partial charge in [0.15, 0.2) is 0 Å². The van der Waals surface area contributed by atoms with Crippen LogP contribution >= 0.6 is 11.6 Å². The van der Waals surface area contributed by atoms with E-state index in [0.717, 1.165) is 57.6 Å². The van der Waals surface area contributed by atoms with Gasteiger partial charge in [-0.3, -0.25) is 14.8 Å². The number of likely N-dealkylation sites (N-methyl/N-ethyl adjacent to an activating group) is 1. The van der Waals surface area contributed by atoms with Crippen LogP contribution in [0.3, 0.4) is 0 Å². The molecule has 6 heteroatoms. The van der Waals surface area contributed by atoms with E-state index in [-0.39, 0.29) is 16.4 Å². The second kappa shape index (κ2) is 8.46. The normalized spacial score (nSPS) is 22.2. The quantitative estimate of drug-likeness (QED) is 0.750. The van der Waals surface area contributed by atoms with Crippen LogP contribution in [0.4, 0.5) is 4.39 Å². The number of hydrogen-bond acceptors (Lipinski definition) is 4. The van der Waals surface area contributed by atoms with Crippen molar-refractivity contribution in [2.75, 3.05) is 26.7 Å². The number of nitrogens with zero attached hydrogens (tertiary/aromatic N) is 3. The Bertz CT molecular complexity index is 796. The summed E-state index contributed by atoms with van der Waals surface area (Å²) in [4.78, 5) is 8.97. The molecule has 1 spiro atoms. The average molecular weight is 404 g/mol. The molecular formula is C22H27ClFN3O. The number of ether oxygens (including phenoxy) is 1. The summed E-state index contributed by atoms with van der Waals surface area (Å²) in [5.41, 5.74) is 2.20. The molecule has 2 aromatic rings. The standard InChI is InChI=1S/C22H27ClFN3O/c1-26(14-18-3-2-8-25-13-18)19-12-22(28-16-19)6-9-27(10-7-22)15-17-4-5-20(23)21(24)11-17/h2-5,8,11,13,19H,6-7,9-10,12,14-16H2,1H3. The largest absolute Gasteiger partial charge is 0.373 e. The Morgan fingerprint density at radius 3 is 2.82 bits per heavy atom. The third-order valence-corrected chi connectivity index (χ3v) is 6.43. The van der Waals surface area contributed by atoms with Crippen molar-refractivity contribution in [3.8, 4) is 0 Å². The molecule has 1 atom stereocenters. The van der Waals surface area contributed by atoms with Gasteiger partial charge in [0.25, 0.3) is 0 Å². The highest BCUT2D eigenvalue weighted by atomic mass is 35.5. The number of rotatable bonds is 5. The predicted molar refractivity (Wildman–Crippen MR) is 109 cm³/mol. The lowest BCUT2D eigenvalue weighted by Gasteiger charge is -2.39. The fourth-order valence-corrected chi connectivity index (χ4v) is 4.49.